The summed E-state index contributed by atoms with van der Waals surface area (Å²) < 4.78 is 0. The Bertz CT molecular complexity index is 367. The number of hydrogen-bond acceptors (Lipinski definition) is 2. The molecule has 0 aliphatic carbocycles. The molecule has 0 unspecified atom stereocenters. The van der Waals surface area contributed by atoms with Gasteiger partial charge >= 0.3 is 0 Å². The van der Waals surface area contributed by atoms with Crippen LogP contribution in [0.5, 0.6) is 0 Å². The van der Waals surface area contributed by atoms with E-state index >= 15 is 0 Å². The van der Waals surface area contributed by atoms with E-state index in [-0.39, 0.29) is 5.41 Å². The van der Waals surface area contributed by atoms with E-state index in [1.807, 2.05) is 19.1 Å². The average Bonchev–Trinajstić information content (AvgIpc) is 2.01. The topological polar surface area (TPSA) is 36.7 Å². The smallest absolute Gasteiger partial charge is 0.101 e. The van der Waals surface area contributed by atoms with Gasteiger partial charge in [-0.2, -0.15) is 5.26 Å². The van der Waals surface area contributed by atoms with E-state index in [9.17, 15) is 0 Å². The van der Waals surface area contributed by atoms with Crippen LogP contribution in [0.2, 0.25) is 0 Å². The van der Waals surface area contributed by atoms with Gasteiger partial charge in [0.15, 0.2) is 0 Å². The van der Waals surface area contributed by atoms with E-state index in [2.05, 4.69) is 31.8 Å². The number of nitrogens with zero attached hydrogens (tertiary/aromatic N) is 2. The van der Waals surface area contributed by atoms with Crippen LogP contribution in [0.25, 0.3) is 0 Å². The minimum atomic E-state index is 0.244. The van der Waals surface area contributed by atoms with E-state index in [0.717, 1.165) is 17.8 Å². The predicted octanol–water partition coefficient (Wildman–Crippen LogP) is 2.85. The van der Waals surface area contributed by atoms with Crippen molar-refractivity contribution in [1.29, 1.82) is 5.26 Å². The Labute approximate surface area is 85.6 Å². The summed E-state index contributed by atoms with van der Waals surface area (Å²) in [5.41, 5.74) is 2.80. The summed E-state index contributed by atoms with van der Waals surface area (Å²) in [5.74, 6) is 0. The normalized spacial score (nSPS) is 11.1. The third-order valence-electron chi connectivity index (χ3n) is 1.98. The molecule has 0 amide bonds. The second-order valence-corrected chi connectivity index (χ2v) is 4.78. The highest BCUT2D eigenvalue weighted by Gasteiger charge is 2.12. The molecule has 2 nitrogen and oxygen atoms in total. The van der Waals surface area contributed by atoms with E-state index in [1.54, 1.807) is 0 Å². The fraction of sp³-hybridized carbons (Fsp3) is 0.500. The van der Waals surface area contributed by atoms with Gasteiger partial charge in [0.05, 0.1) is 11.3 Å². The number of aromatic nitrogens is 1. The fourth-order valence-corrected chi connectivity index (χ4v) is 1.37. The van der Waals surface area contributed by atoms with Gasteiger partial charge in [-0.15, -0.1) is 0 Å². The Morgan fingerprint density at radius 1 is 1.36 bits per heavy atom. The van der Waals surface area contributed by atoms with Crippen LogP contribution in [-0.4, -0.2) is 4.98 Å². The summed E-state index contributed by atoms with van der Waals surface area (Å²) >= 11 is 0. The summed E-state index contributed by atoms with van der Waals surface area (Å²) in [6.45, 7) is 8.43. The Kier molecular flexibility index (Phi) is 2.90. The van der Waals surface area contributed by atoms with Gasteiger partial charge in [0.1, 0.15) is 6.07 Å². The molecule has 0 atom stereocenters. The SMILES string of the molecule is Cc1nc(CC(C)(C)C)ccc1C#N. The Balaban J connectivity index is 2.94. The molecular weight excluding hydrogens is 172 g/mol. The van der Waals surface area contributed by atoms with Crippen molar-refractivity contribution in [1.82, 2.24) is 4.98 Å². The quantitative estimate of drug-likeness (QED) is 0.679. The van der Waals surface area contributed by atoms with E-state index in [0.29, 0.717) is 5.56 Å². The lowest BCUT2D eigenvalue weighted by molar-refractivity contribution is 0.406. The third kappa shape index (κ3) is 2.85. The zero-order valence-electron chi connectivity index (χ0n) is 9.26. The molecule has 0 N–H and O–H groups in total. The number of rotatable bonds is 1. The van der Waals surface area contributed by atoms with Crippen molar-refractivity contribution >= 4 is 0 Å². The second kappa shape index (κ2) is 3.79. The van der Waals surface area contributed by atoms with Gasteiger partial charge in [0.25, 0.3) is 0 Å². The number of hydrogen-bond donors (Lipinski definition) is 0. The maximum atomic E-state index is 8.75. The first-order valence-electron chi connectivity index (χ1n) is 4.79. The fourth-order valence-electron chi connectivity index (χ4n) is 1.37. The van der Waals surface area contributed by atoms with Crippen molar-refractivity contribution in [2.24, 2.45) is 5.41 Å². The number of aryl methyl sites for hydroxylation is 1. The Hall–Kier alpha value is -1.36. The van der Waals surface area contributed by atoms with Crippen LogP contribution in [0.15, 0.2) is 12.1 Å². The van der Waals surface area contributed by atoms with Crippen LogP contribution < -0.4 is 0 Å². The highest BCUT2D eigenvalue weighted by Crippen LogP contribution is 2.19. The molecule has 74 valence electrons. The largest absolute Gasteiger partial charge is 0.257 e. The van der Waals surface area contributed by atoms with Crippen LogP contribution in [0.1, 0.15) is 37.7 Å². The highest BCUT2D eigenvalue weighted by molar-refractivity contribution is 5.33. The molecule has 0 aromatic carbocycles. The van der Waals surface area contributed by atoms with Crippen molar-refractivity contribution < 1.29 is 0 Å². The standard InChI is InChI=1S/C12H16N2/c1-9-10(8-13)5-6-11(14-9)7-12(2,3)4/h5-6H,7H2,1-4H3. The maximum absolute atomic E-state index is 8.75. The molecule has 0 radical (unpaired) electrons. The lowest BCUT2D eigenvalue weighted by Gasteiger charge is -2.17. The molecule has 1 rings (SSSR count). The minimum absolute atomic E-state index is 0.244. The summed E-state index contributed by atoms with van der Waals surface area (Å²) in [4.78, 5) is 4.41. The zero-order valence-corrected chi connectivity index (χ0v) is 9.26. The van der Waals surface area contributed by atoms with Crippen LogP contribution in [-0.2, 0) is 6.42 Å². The van der Waals surface area contributed by atoms with Crippen molar-refractivity contribution in [3.05, 3.63) is 29.1 Å². The van der Waals surface area contributed by atoms with Gasteiger partial charge < -0.3 is 0 Å². The van der Waals surface area contributed by atoms with E-state index in [1.165, 1.54) is 0 Å². The van der Waals surface area contributed by atoms with Gasteiger partial charge in [-0.1, -0.05) is 20.8 Å². The molecule has 0 aliphatic rings. The van der Waals surface area contributed by atoms with Gasteiger partial charge in [0, 0.05) is 5.69 Å². The summed E-state index contributed by atoms with van der Waals surface area (Å²) in [7, 11) is 0. The molecule has 14 heavy (non-hydrogen) atoms. The first-order chi connectivity index (χ1) is 6.42. The molecule has 1 aromatic rings. The lowest BCUT2D eigenvalue weighted by Crippen LogP contribution is -2.11. The van der Waals surface area contributed by atoms with Gasteiger partial charge in [0.2, 0.25) is 0 Å². The monoisotopic (exact) mass is 188 g/mol. The van der Waals surface area contributed by atoms with Crippen molar-refractivity contribution in [3.63, 3.8) is 0 Å². The van der Waals surface area contributed by atoms with Crippen molar-refractivity contribution in [2.45, 2.75) is 34.1 Å². The molecule has 0 saturated carbocycles. The second-order valence-electron chi connectivity index (χ2n) is 4.78. The molecule has 0 spiro atoms. The molecule has 0 fully saturated rings. The number of pyridine rings is 1. The molecule has 1 aromatic heterocycles. The van der Waals surface area contributed by atoms with Crippen LogP contribution >= 0.6 is 0 Å². The van der Waals surface area contributed by atoms with E-state index in [4.69, 9.17) is 5.26 Å². The molecule has 2 heteroatoms. The van der Waals surface area contributed by atoms with Gasteiger partial charge in [-0.25, -0.2) is 0 Å². The first kappa shape index (κ1) is 10.7. The minimum Gasteiger partial charge on any atom is -0.257 e. The van der Waals surface area contributed by atoms with E-state index < -0.39 is 0 Å². The van der Waals surface area contributed by atoms with Crippen LogP contribution in [0.4, 0.5) is 0 Å². The Morgan fingerprint density at radius 2 is 2.00 bits per heavy atom. The lowest BCUT2D eigenvalue weighted by atomic mass is 9.90. The molecule has 0 aliphatic heterocycles. The average molecular weight is 188 g/mol. The molecule has 0 bridgehead atoms. The van der Waals surface area contributed by atoms with Crippen LogP contribution in [0, 0.1) is 23.7 Å². The van der Waals surface area contributed by atoms with Gasteiger partial charge in [-0.3, -0.25) is 4.98 Å². The zero-order chi connectivity index (χ0) is 10.8. The van der Waals surface area contributed by atoms with Gasteiger partial charge in [-0.05, 0) is 30.9 Å². The molecule has 1 heterocycles. The van der Waals surface area contributed by atoms with Crippen molar-refractivity contribution in [3.8, 4) is 6.07 Å². The van der Waals surface area contributed by atoms with Crippen LogP contribution in [0.3, 0.4) is 0 Å². The van der Waals surface area contributed by atoms with Crippen molar-refractivity contribution in [2.75, 3.05) is 0 Å². The summed E-state index contributed by atoms with van der Waals surface area (Å²) in [6, 6.07) is 5.91. The summed E-state index contributed by atoms with van der Waals surface area (Å²) in [6.07, 6.45) is 0.944. The number of nitriles is 1. The molecule has 0 saturated heterocycles. The maximum Gasteiger partial charge on any atom is 0.101 e. The molecular formula is C12H16N2. The first-order valence-corrected chi connectivity index (χ1v) is 4.79. The Morgan fingerprint density at radius 3 is 2.43 bits per heavy atom. The highest BCUT2D eigenvalue weighted by atomic mass is 14.7. The predicted molar refractivity (Wildman–Crippen MR) is 56.8 cm³/mol. The third-order valence-corrected chi connectivity index (χ3v) is 1.98. The summed E-state index contributed by atoms with van der Waals surface area (Å²) in [5, 5.41) is 8.75.